The Labute approximate surface area is 198 Å². The molecule has 34 heavy (non-hydrogen) atoms. The number of imidazole rings is 1. The number of benzene rings is 2. The topological polar surface area (TPSA) is 61.1 Å². The quantitative estimate of drug-likeness (QED) is 0.385. The number of ether oxygens (including phenoxy) is 1. The van der Waals surface area contributed by atoms with Crippen LogP contribution in [0.4, 0.5) is 4.39 Å². The van der Waals surface area contributed by atoms with Gasteiger partial charge in [-0.25, -0.2) is 9.37 Å². The number of hydrogen-bond acceptors (Lipinski definition) is 3. The fourth-order valence-corrected chi connectivity index (χ4v) is 4.46. The fourth-order valence-electron chi connectivity index (χ4n) is 4.46. The van der Waals surface area contributed by atoms with Crippen LogP contribution in [0.1, 0.15) is 29.7 Å². The maximum atomic E-state index is 15.1. The number of fused-ring (bicyclic) bond motifs is 3. The third kappa shape index (κ3) is 4.46. The second-order valence-corrected chi connectivity index (χ2v) is 8.59. The van der Waals surface area contributed by atoms with E-state index in [1.807, 2.05) is 64.7 Å². The van der Waals surface area contributed by atoms with Gasteiger partial charge in [0.1, 0.15) is 18.2 Å². The highest BCUT2D eigenvalue weighted by atomic mass is 19.1. The Balaban J connectivity index is 1.37. The largest absolute Gasteiger partial charge is 0.488 e. The van der Waals surface area contributed by atoms with Gasteiger partial charge in [0.05, 0.1) is 17.7 Å². The van der Waals surface area contributed by atoms with Crippen molar-refractivity contribution in [3.63, 3.8) is 0 Å². The van der Waals surface area contributed by atoms with Crippen LogP contribution in [-0.2, 0) is 24.4 Å². The monoisotopic (exact) mass is 458 g/mol. The molecule has 0 bridgehead atoms. The average Bonchev–Trinajstić information content (AvgIpc) is 3.48. The van der Waals surface area contributed by atoms with Gasteiger partial charge in [-0.05, 0) is 55.7 Å². The number of hydrogen-bond donors (Lipinski definition) is 1. The molecule has 0 spiro atoms. The number of aryl methyl sites for hydroxylation is 3. The minimum absolute atomic E-state index is 0.0163. The lowest BCUT2D eigenvalue weighted by atomic mass is 10.0. The first-order valence-electron chi connectivity index (χ1n) is 11.5. The molecular formula is C27H27FN4O2. The van der Waals surface area contributed by atoms with Crippen molar-refractivity contribution in [3.8, 4) is 22.7 Å². The molecule has 0 atom stereocenters. The van der Waals surface area contributed by atoms with E-state index in [4.69, 9.17) is 4.74 Å². The van der Waals surface area contributed by atoms with Gasteiger partial charge in [0.2, 0.25) is 5.91 Å². The van der Waals surface area contributed by atoms with Crippen LogP contribution in [0.25, 0.3) is 16.9 Å². The first-order chi connectivity index (χ1) is 16.6. The third-order valence-electron chi connectivity index (χ3n) is 6.11. The molecule has 5 rings (SSSR count). The second-order valence-electron chi connectivity index (χ2n) is 8.59. The number of amides is 1. The van der Waals surface area contributed by atoms with Gasteiger partial charge in [-0.15, -0.1) is 0 Å². The lowest BCUT2D eigenvalue weighted by Gasteiger charge is -2.21. The smallest absolute Gasteiger partial charge is 0.220 e. The van der Waals surface area contributed by atoms with E-state index in [0.717, 1.165) is 46.8 Å². The first kappa shape index (κ1) is 21.9. The Bertz CT molecular complexity index is 1310. The van der Waals surface area contributed by atoms with Crippen molar-refractivity contribution in [1.29, 1.82) is 0 Å². The molecule has 0 unspecified atom stereocenters. The Hall–Kier alpha value is -3.87. The number of carbonyl (C=O) groups excluding carboxylic acids is 1. The maximum Gasteiger partial charge on any atom is 0.220 e. The average molecular weight is 459 g/mol. The lowest BCUT2D eigenvalue weighted by Crippen LogP contribution is -2.25. The molecule has 0 saturated carbocycles. The van der Waals surface area contributed by atoms with Gasteiger partial charge >= 0.3 is 0 Å². The molecule has 0 saturated heterocycles. The minimum atomic E-state index is -0.285. The van der Waals surface area contributed by atoms with Crippen molar-refractivity contribution in [2.24, 2.45) is 0 Å². The van der Waals surface area contributed by atoms with Crippen LogP contribution < -0.4 is 10.1 Å². The van der Waals surface area contributed by atoms with E-state index in [-0.39, 0.29) is 11.7 Å². The summed E-state index contributed by atoms with van der Waals surface area (Å²) in [5, 5.41) is 2.99. The summed E-state index contributed by atoms with van der Waals surface area (Å²) in [6.07, 6.45) is 7.07. The number of para-hydroxylation sites is 1. The predicted octanol–water partition coefficient (Wildman–Crippen LogP) is 4.82. The predicted molar refractivity (Wildman–Crippen MR) is 128 cm³/mol. The van der Waals surface area contributed by atoms with Gasteiger partial charge in [0, 0.05) is 48.7 Å². The summed E-state index contributed by atoms with van der Waals surface area (Å²) < 4.78 is 25.0. The summed E-state index contributed by atoms with van der Waals surface area (Å²) in [5.41, 5.74) is 5.09. The molecule has 6 nitrogen and oxygen atoms in total. The van der Waals surface area contributed by atoms with E-state index in [1.54, 1.807) is 18.6 Å². The van der Waals surface area contributed by atoms with E-state index >= 15 is 4.39 Å². The summed E-state index contributed by atoms with van der Waals surface area (Å²) in [7, 11) is 0. The van der Waals surface area contributed by atoms with E-state index in [1.165, 1.54) is 0 Å². The maximum absolute atomic E-state index is 15.1. The molecule has 2 aromatic heterocycles. The molecular weight excluding hydrogens is 431 g/mol. The highest BCUT2D eigenvalue weighted by Crippen LogP contribution is 2.41. The van der Waals surface area contributed by atoms with Crippen molar-refractivity contribution >= 4 is 5.91 Å². The summed E-state index contributed by atoms with van der Waals surface area (Å²) >= 11 is 0. The zero-order valence-electron chi connectivity index (χ0n) is 19.1. The highest BCUT2D eigenvalue weighted by Gasteiger charge is 2.26. The van der Waals surface area contributed by atoms with Crippen LogP contribution >= 0.6 is 0 Å². The first-order valence-corrected chi connectivity index (χ1v) is 11.5. The molecule has 7 heteroatoms. The number of halogens is 1. The van der Waals surface area contributed by atoms with Gasteiger partial charge in [0.25, 0.3) is 0 Å². The number of carbonyl (C=O) groups is 1. The van der Waals surface area contributed by atoms with Crippen LogP contribution in [0.15, 0.2) is 67.3 Å². The van der Waals surface area contributed by atoms with Gasteiger partial charge in [-0.3, -0.25) is 4.79 Å². The molecule has 174 valence electrons. The van der Waals surface area contributed by atoms with Crippen LogP contribution in [0.5, 0.6) is 5.75 Å². The summed E-state index contributed by atoms with van der Waals surface area (Å²) in [6.45, 7) is 3.70. The zero-order chi connectivity index (χ0) is 23.5. The molecule has 1 aliphatic heterocycles. The Morgan fingerprint density at radius 1 is 1.21 bits per heavy atom. The molecule has 0 aliphatic carbocycles. The van der Waals surface area contributed by atoms with Crippen molar-refractivity contribution in [1.82, 2.24) is 19.4 Å². The summed E-state index contributed by atoms with van der Waals surface area (Å²) in [5.74, 6) is 0.481. The number of rotatable bonds is 8. The molecule has 4 aromatic rings. The van der Waals surface area contributed by atoms with E-state index in [9.17, 15) is 4.79 Å². The van der Waals surface area contributed by atoms with E-state index in [0.29, 0.717) is 31.7 Å². The van der Waals surface area contributed by atoms with Gasteiger partial charge in [0.15, 0.2) is 0 Å². The Kier molecular flexibility index (Phi) is 6.16. The van der Waals surface area contributed by atoms with Gasteiger partial charge in [-0.1, -0.05) is 18.2 Å². The molecule has 0 fully saturated rings. The summed E-state index contributed by atoms with van der Waals surface area (Å²) in [4.78, 5) is 16.6. The van der Waals surface area contributed by atoms with Crippen LogP contribution in [0.3, 0.4) is 0 Å². The van der Waals surface area contributed by atoms with Crippen molar-refractivity contribution in [2.75, 3.05) is 6.54 Å². The van der Waals surface area contributed by atoms with Crippen LogP contribution in [0.2, 0.25) is 0 Å². The lowest BCUT2D eigenvalue weighted by molar-refractivity contribution is -0.121. The number of nitrogens with one attached hydrogen (secondary N) is 1. The normalized spacial score (nSPS) is 12.1. The molecule has 1 N–H and O–H groups in total. The number of nitrogens with zero attached hydrogens (tertiary/aromatic N) is 3. The van der Waals surface area contributed by atoms with Crippen LogP contribution in [0, 0.1) is 12.7 Å². The SMILES string of the molecule is Cc1ccc(-n2c(CCC(=O)NCCCn3ccnc3)cc3c2-c2ccccc2OC3)c(F)c1. The molecule has 3 heterocycles. The Morgan fingerprint density at radius 3 is 2.91 bits per heavy atom. The molecule has 0 radical (unpaired) electrons. The zero-order valence-corrected chi connectivity index (χ0v) is 19.1. The van der Waals surface area contributed by atoms with Gasteiger partial charge in [-0.2, -0.15) is 0 Å². The van der Waals surface area contributed by atoms with Gasteiger partial charge < -0.3 is 19.2 Å². The molecule has 1 aliphatic rings. The second kappa shape index (κ2) is 9.55. The van der Waals surface area contributed by atoms with Crippen molar-refractivity contribution < 1.29 is 13.9 Å². The minimum Gasteiger partial charge on any atom is -0.488 e. The fraction of sp³-hybridized carbons (Fsp3) is 0.259. The van der Waals surface area contributed by atoms with E-state index in [2.05, 4.69) is 10.3 Å². The Morgan fingerprint density at radius 2 is 2.09 bits per heavy atom. The highest BCUT2D eigenvalue weighted by molar-refractivity contribution is 5.77. The van der Waals surface area contributed by atoms with Crippen molar-refractivity contribution in [2.45, 2.75) is 39.3 Å². The van der Waals surface area contributed by atoms with Crippen LogP contribution in [-0.4, -0.2) is 26.6 Å². The van der Waals surface area contributed by atoms with E-state index < -0.39 is 0 Å². The van der Waals surface area contributed by atoms with Crippen molar-refractivity contribution in [3.05, 3.63) is 89.9 Å². The standard InChI is InChI=1S/C27H27FN4O2/c1-19-7-9-24(23(28)15-19)32-21(8-10-26(33)30-11-4-13-31-14-12-29-18-31)16-20-17-34-25-6-3-2-5-22(25)27(20)32/h2-3,5-7,9,12,14-16,18H,4,8,10-11,13,17H2,1H3,(H,30,33). The summed E-state index contributed by atoms with van der Waals surface area (Å²) in [6, 6.07) is 15.1. The third-order valence-corrected chi connectivity index (χ3v) is 6.11. The number of aromatic nitrogens is 3. The molecule has 1 amide bonds. The molecule has 2 aromatic carbocycles.